The van der Waals surface area contributed by atoms with E-state index >= 15 is 0 Å². The van der Waals surface area contributed by atoms with Gasteiger partial charge in [-0.2, -0.15) is 16.7 Å². The maximum Gasteiger partial charge on any atom is 0.331 e. The molecule has 4 rings (SSSR count). The molecule has 11 nitrogen and oxygen atoms in total. The molecule has 2 aliphatic rings. The normalized spacial score (nSPS) is 17.0. The summed E-state index contributed by atoms with van der Waals surface area (Å²) in [6, 6.07) is 3.36. The largest absolute Gasteiger partial charge is 0.850 e. The fraction of sp³-hybridized carbons (Fsp3) is 0.474. The number of carbonyl (C=O) groups excluding carboxylic acids is 1. The van der Waals surface area contributed by atoms with E-state index in [0.29, 0.717) is 50.8 Å². The highest BCUT2D eigenvalue weighted by atomic mass is 32.2. The molecule has 0 aliphatic carbocycles. The van der Waals surface area contributed by atoms with Gasteiger partial charge >= 0.3 is 5.69 Å². The van der Waals surface area contributed by atoms with Crippen molar-refractivity contribution in [3.63, 3.8) is 0 Å². The Bertz CT molecular complexity index is 948. The van der Waals surface area contributed by atoms with Gasteiger partial charge in [-0.3, -0.25) is 19.9 Å². The van der Waals surface area contributed by atoms with Gasteiger partial charge < -0.3 is 19.8 Å². The van der Waals surface area contributed by atoms with Gasteiger partial charge in [0.05, 0.1) is 4.92 Å². The third-order valence-electron chi connectivity index (χ3n) is 5.33. The number of amides is 1. The van der Waals surface area contributed by atoms with Gasteiger partial charge in [0, 0.05) is 68.7 Å². The quantitative estimate of drug-likeness (QED) is 0.464. The molecule has 12 heteroatoms. The predicted molar refractivity (Wildman–Crippen MR) is 114 cm³/mol. The van der Waals surface area contributed by atoms with Crippen LogP contribution in [0.4, 0.5) is 17.5 Å². The van der Waals surface area contributed by atoms with Gasteiger partial charge in [-0.05, 0) is 12.1 Å². The Kier molecular flexibility index (Phi) is 6.47. The van der Waals surface area contributed by atoms with E-state index in [4.69, 9.17) is 0 Å². The highest BCUT2D eigenvalue weighted by molar-refractivity contribution is 7.99. The molecule has 2 aliphatic heterocycles. The van der Waals surface area contributed by atoms with Crippen LogP contribution in [0.25, 0.3) is 0 Å². The second kappa shape index (κ2) is 9.43. The molecular weight excluding hydrogens is 422 g/mol. The van der Waals surface area contributed by atoms with Crippen molar-refractivity contribution in [2.45, 2.75) is 6.61 Å². The van der Waals surface area contributed by atoms with E-state index < -0.39 is 11.5 Å². The molecule has 0 aromatic carbocycles. The van der Waals surface area contributed by atoms with Crippen LogP contribution in [0.3, 0.4) is 0 Å². The monoisotopic (exact) mass is 444 g/mol. The molecule has 2 aromatic rings. The Morgan fingerprint density at radius 2 is 1.71 bits per heavy atom. The molecule has 4 heterocycles. The molecule has 2 fully saturated rings. The Balaban J connectivity index is 1.56. The minimum Gasteiger partial charge on any atom is -0.850 e. The summed E-state index contributed by atoms with van der Waals surface area (Å²) in [4.78, 5) is 41.9. The summed E-state index contributed by atoms with van der Waals surface area (Å²) in [6.45, 7) is 2.35. The van der Waals surface area contributed by atoms with Crippen molar-refractivity contribution in [3.05, 3.63) is 45.9 Å². The van der Waals surface area contributed by atoms with Crippen LogP contribution in [0, 0.1) is 10.1 Å². The van der Waals surface area contributed by atoms with Crippen LogP contribution in [-0.2, 0) is 6.61 Å². The maximum absolute atomic E-state index is 12.6. The molecule has 0 radical (unpaired) electrons. The molecule has 0 bridgehead atoms. The topological polar surface area (TPSA) is 132 Å². The van der Waals surface area contributed by atoms with Crippen molar-refractivity contribution >= 4 is 35.1 Å². The van der Waals surface area contributed by atoms with Crippen LogP contribution in [-0.4, -0.2) is 81.5 Å². The number of hydrogen-bond donors (Lipinski definition) is 0. The SMILES string of the molecule is O=C(c1ccncc1)N1CCN(c2nc(C[O-])c([N+](=O)[O-])c(N3CCSCC3)n2)CC1. The molecule has 2 aromatic heterocycles. The number of thioether (sulfide) groups is 1. The number of hydrogen-bond acceptors (Lipinski definition) is 10. The van der Waals surface area contributed by atoms with E-state index in [2.05, 4.69) is 15.0 Å². The van der Waals surface area contributed by atoms with Gasteiger partial charge in [0.2, 0.25) is 11.8 Å². The number of rotatable bonds is 5. The number of anilines is 2. The third-order valence-corrected chi connectivity index (χ3v) is 6.28. The maximum atomic E-state index is 12.6. The minimum atomic E-state index is -0.790. The molecule has 164 valence electrons. The van der Waals surface area contributed by atoms with E-state index in [1.807, 2.05) is 9.80 Å². The summed E-state index contributed by atoms with van der Waals surface area (Å²) in [5.41, 5.74) is 0.185. The molecule has 0 unspecified atom stereocenters. The molecule has 31 heavy (non-hydrogen) atoms. The van der Waals surface area contributed by atoms with Gasteiger partial charge in [-0.15, -0.1) is 0 Å². The van der Waals surface area contributed by atoms with Crippen LogP contribution >= 0.6 is 11.8 Å². The number of nitrogens with zero attached hydrogens (tertiary/aromatic N) is 7. The van der Waals surface area contributed by atoms with Crippen molar-refractivity contribution < 1.29 is 14.8 Å². The van der Waals surface area contributed by atoms with Crippen LogP contribution in [0.2, 0.25) is 0 Å². The lowest BCUT2D eigenvalue weighted by atomic mass is 10.2. The highest BCUT2D eigenvalue weighted by Gasteiger charge is 2.30. The number of carbonyl (C=O) groups is 1. The lowest BCUT2D eigenvalue weighted by Gasteiger charge is -2.35. The van der Waals surface area contributed by atoms with Crippen molar-refractivity contribution in [3.8, 4) is 0 Å². The molecule has 1 amide bonds. The predicted octanol–water partition coefficient (Wildman–Crippen LogP) is 0.156. The highest BCUT2D eigenvalue weighted by Crippen LogP contribution is 2.32. The van der Waals surface area contributed by atoms with Gasteiger partial charge in [0.15, 0.2) is 0 Å². The van der Waals surface area contributed by atoms with E-state index in [1.165, 1.54) is 0 Å². The lowest BCUT2D eigenvalue weighted by Crippen LogP contribution is -2.49. The zero-order chi connectivity index (χ0) is 21.8. The van der Waals surface area contributed by atoms with E-state index in [-0.39, 0.29) is 23.1 Å². The summed E-state index contributed by atoms with van der Waals surface area (Å²) in [5, 5.41) is 23.4. The molecule has 2 saturated heterocycles. The smallest absolute Gasteiger partial charge is 0.331 e. The van der Waals surface area contributed by atoms with E-state index in [1.54, 1.807) is 41.2 Å². The summed E-state index contributed by atoms with van der Waals surface area (Å²) >= 11 is 1.78. The first-order valence-electron chi connectivity index (χ1n) is 9.99. The Morgan fingerprint density at radius 1 is 1.03 bits per heavy atom. The van der Waals surface area contributed by atoms with Gasteiger partial charge in [0.1, 0.15) is 5.69 Å². The summed E-state index contributed by atoms with van der Waals surface area (Å²) < 4.78 is 0. The number of pyridine rings is 1. The third kappa shape index (κ3) is 4.54. The molecule has 0 N–H and O–H groups in total. The zero-order valence-corrected chi connectivity index (χ0v) is 17.7. The molecule has 0 saturated carbocycles. The lowest BCUT2D eigenvalue weighted by molar-refractivity contribution is -0.403. The van der Waals surface area contributed by atoms with Gasteiger partial charge in [-0.25, -0.2) is 4.98 Å². The van der Waals surface area contributed by atoms with Crippen LogP contribution in [0.15, 0.2) is 24.5 Å². The Morgan fingerprint density at radius 3 is 2.32 bits per heavy atom. The average Bonchev–Trinajstić information content (AvgIpc) is 2.83. The Labute approximate surface area is 183 Å². The summed E-state index contributed by atoms with van der Waals surface area (Å²) in [7, 11) is 0. The van der Waals surface area contributed by atoms with E-state index in [9.17, 15) is 20.0 Å². The summed E-state index contributed by atoms with van der Waals surface area (Å²) in [6.07, 6.45) is 3.17. The summed E-state index contributed by atoms with van der Waals surface area (Å²) in [5.74, 6) is 2.15. The van der Waals surface area contributed by atoms with Crippen molar-refractivity contribution in [2.24, 2.45) is 0 Å². The van der Waals surface area contributed by atoms with Crippen LogP contribution in [0.1, 0.15) is 16.1 Å². The molecule has 0 atom stereocenters. The first-order chi connectivity index (χ1) is 15.1. The fourth-order valence-corrected chi connectivity index (χ4v) is 4.59. The second-order valence-corrected chi connectivity index (χ2v) is 8.38. The first kappa shape index (κ1) is 21.2. The minimum absolute atomic E-state index is 0.0709. The molecular formula is C19H22N7O4S-. The van der Waals surface area contributed by atoms with Crippen molar-refractivity contribution in [1.82, 2.24) is 19.9 Å². The van der Waals surface area contributed by atoms with Crippen LogP contribution in [0.5, 0.6) is 0 Å². The Hall–Kier alpha value is -2.99. The van der Waals surface area contributed by atoms with Crippen LogP contribution < -0.4 is 14.9 Å². The van der Waals surface area contributed by atoms with Crippen molar-refractivity contribution in [2.75, 3.05) is 60.6 Å². The average molecular weight is 444 g/mol. The first-order valence-corrected chi connectivity index (χ1v) is 11.1. The number of nitro groups is 1. The molecule has 0 spiro atoms. The van der Waals surface area contributed by atoms with Gasteiger partial charge in [-0.1, -0.05) is 6.61 Å². The fourth-order valence-electron chi connectivity index (χ4n) is 3.69. The van der Waals surface area contributed by atoms with Crippen molar-refractivity contribution in [1.29, 1.82) is 0 Å². The zero-order valence-electron chi connectivity index (χ0n) is 16.8. The number of aromatic nitrogens is 3. The van der Waals surface area contributed by atoms with E-state index in [0.717, 1.165) is 11.5 Å². The second-order valence-electron chi connectivity index (χ2n) is 7.16. The van der Waals surface area contributed by atoms with Gasteiger partial charge in [0.25, 0.3) is 5.91 Å². The standard InChI is InChI=1S/C19H22N7O4S/c27-13-15-16(26(29)30)17(23-9-11-31-12-10-23)22-19(21-15)25-7-5-24(6-8-25)18(28)14-1-3-20-4-2-14/h1-4H,5-13H2/q-1. The number of piperazine rings is 1.